The van der Waals surface area contributed by atoms with Gasteiger partial charge >= 0.3 is 0 Å². The zero-order valence-electron chi connectivity index (χ0n) is 9.74. The fourth-order valence-electron chi connectivity index (χ4n) is 1.38. The van der Waals surface area contributed by atoms with E-state index in [1.165, 1.54) is 12.2 Å². The van der Waals surface area contributed by atoms with Gasteiger partial charge in [-0.2, -0.15) is 0 Å². The van der Waals surface area contributed by atoms with E-state index in [-0.39, 0.29) is 12.9 Å². The first kappa shape index (κ1) is 13.3. The fraction of sp³-hybridized carbons (Fsp3) is 0.214. The molecule has 0 spiro atoms. The van der Waals surface area contributed by atoms with Crippen molar-refractivity contribution in [2.75, 3.05) is 0 Å². The lowest BCUT2D eigenvalue weighted by molar-refractivity contribution is 0.180. The summed E-state index contributed by atoms with van der Waals surface area (Å²) < 4.78 is 25.7. The number of hydrogen-bond donors (Lipinski definition) is 0. The van der Waals surface area contributed by atoms with Crippen LogP contribution in [0.15, 0.2) is 55.4 Å². The third-order valence-corrected chi connectivity index (χ3v) is 2.52. The second kappa shape index (κ2) is 6.09. The Hall–Kier alpha value is -1.77. The van der Waals surface area contributed by atoms with Gasteiger partial charge in [0, 0.05) is 25.3 Å². The molecule has 0 bridgehead atoms. The van der Waals surface area contributed by atoms with Gasteiger partial charge in [-0.1, -0.05) is 19.6 Å². The quantitative estimate of drug-likeness (QED) is 0.548. The molecule has 0 aliphatic carbocycles. The van der Waals surface area contributed by atoms with Crippen molar-refractivity contribution in [3.8, 4) is 0 Å². The second-order valence-corrected chi connectivity index (χ2v) is 3.73. The molecule has 1 aromatic heterocycles. The van der Waals surface area contributed by atoms with Crippen LogP contribution in [0.2, 0.25) is 0 Å². The Morgan fingerprint density at radius 3 is 2.47 bits per heavy atom. The molecule has 17 heavy (non-hydrogen) atoms. The van der Waals surface area contributed by atoms with Gasteiger partial charge in [0.15, 0.2) is 0 Å². The van der Waals surface area contributed by atoms with Gasteiger partial charge < -0.3 is 0 Å². The highest BCUT2D eigenvalue weighted by molar-refractivity contribution is 5.72. The maximum atomic E-state index is 12.8. The molecule has 0 aliphatic heterocycles. The Morgan fingerprint density at radius 1 is 1.41 bits per heavy atom. The standard InChI is InChI=1S/C14H15F2N.H2/c1-4-10(2)13(14(15)16)9-11(3)12-5-7-17-8-6-12;/h4-10,14H,1,3H2,2H3;1H/b13-9+;. The highest BCUT2D eigenvalue weighted by atomic mass is 19.3. The van der Waals surface area contributed by atoms with Crippen molar-refractivity contribution in [3.63, 3.8) is 0 Å². The van der Waals surface area contributed by atoms with E-state index in [0.717, 1.165) is 5.56 Å². The van der Waals surface area contributed by atoms with Crippen LogP contribution in [0, 0.1) is 5.92 Å². The number of allylic oxidation sites excluding steroid dienone is 4. The van der Waals surface area contributed by atoms with Gasteiger partial charge in [0.05, 0.1) is 0 Å². The van der Waals surface area contributed by atoms with E-state index < -0.39 is 6.43 Å². The number of pyridine rings is 1. The SMILES string of the molecule is C=CC(C)/C(=C\C(=C)c1ccncc1)C(F)F.[HH]. The van der Waals surface area contributed by atoms with Crippen LogP contribution >= 0.6 is 0 Å². The van der Waals surface area contributed by atoms with Crippen LogP contribution in [-0.2, 0) is 0 Å². The summed E-state index contributed by atoms with van der Waals surface area (Å²) in [6.45, 7) is 9.01. The molecule has 1 rings (SSSR count). The predicted octanol–water partition coefficient (Wildman–Crippen LogP) is 4.35. The Bertz CT molecular complexity index is 427. The zero-order chi connectivity index (χ0) is 12.8. The minimum atomic E-state index is -2.50. The predicted molar refractivity (Wildman–Crippen MR) is 68.8 cm³/mol. The van der Waals surface area contributed by atoms with Crippen molar-refractivity contribution in [3.05, 3.63) is 61.0 Å². The Kier molecular flexibility index (Phi) is 4.76. The zero-order valence-corrected chi connectivity index (χ0v) is 9.74. The number of hydrogen-bond acceptors (Lipinski definition) is 1. The summed E-state index contributed by atoms with van der Waals surface area (Å²) in [7, 11) is 0. The van der Waals surface area contributed by atoms with Crippen molar-refractivity contribution in [2.24, 2.45) is 5.92 Å². The summed E-state index contributed by atoms with van der Waals surface area (Å²) in [5.41, 5.74) is 1.37. The van der Waals surface area contributed by atoms with E-state index in [9.17, 15) is 8.78 Å². The molecular formula is C14H17F2N. The third-order valence-electron chi connectivity index (χ3n) is 2.52. The van der Waals surface area contributed by atoms with Gasteiger partial charge in [-0.3, -0.25) is 4.98 Å². The first-order valence-electron chi connectivity index (χ1n) is 5.27. The third kappa shape index (κ3) is 3.63. The normalized spacial score (nSPS) is 13.5. The maximum absolute atomic E-state index is 12.8. The van der Waals surface area contributed by atoms with Crippen LogP contribution in [0.3, 0.4) is 0 Å². The smallest absolute Gasteiger partial charge is 0.260 e. The van der Waals surface area contributed by atoms with Crippen LogP contribution in [-0.4, -0.2) is 11.4 Å². The lowest BCUT2D eigenvalue weighted by Gasteiger charge is -2.12. The van der Waals surface area contributed by atoms with Crippen molar-refractivity contribution in [1.82, 2.24) is 4.98 Å². The minimum absolute atomic E-state index is 0. The van der Waals surface area contributed by atoms with Crippen LogP contribution in [0.5, 0.6) is 0 Å². The van der Waals surface area contributed by atoms with Crippen molar-refractivity contribution in [1.29, 1.82) is 0 Å². The van der Waals surface area contributed by atoms with Gasteiger partial charge in [0.2, 0.25) is 0 Å². The Labute approximate surface area is 102 Å². The Morgan fingerprint density at radius 2 is 2.00 bits per heavy atom. The lowest BCUT2D eigenvalue weighted by atomic mass is 9.97. The number of aromatic nitrogens is 1. The van der Waals surface area contributed by atoms with Crippen molar-refractivity contribution >= 4 is 5.57 Å². The molecule has 3 heteroatoms. The van der Waals surface area contributed by atoms with Gasteiger partial charge in [0.1, 0.15) is 0 Å². The molecule has 0 aromatic carbocycles. The van der Waals surface area contributed by atoms with E-state index >= 15 is 0 Å². The number of alkyl halides is 2. The van der Waals surface area contributed by atoms with Crippen molar-refractivity contribution < 1.29 is 10.2 Å². The fourth-order valence-corrected chi connectivity index (χ4v) is 1.38. The minimum Gasteiger partial charge on any atom is -0.265 e. The molecule has 1 unspecified atom stereocenters. The van der Waals surface area contributed by atoms with E-state index in [1.54, 1.807) is 31.5 Å². The largest absolute Gasteiger partial charge is 0.265 e. The Balaban J connectivity index is 0.00000289. The summed E-state index contributed by atoms with van der Waals surface area (Å²) in [4.78, 5) is 3.87. The molecule has 0 aliphatic rings. The van der Waals surface area contributed by atoms with Gasteiger partial charge in [0.25, 0.3) is 6.43 Å². The molecule has 0 saturated heterocycles. The molecule has 1 aromatic rings. The summed E-state index contributed by atoms with van der Waals surface area (Å²) >= 11 is 0. The molecule has 0 fully saturated rings. The monoisotopic (exact) mass is 237 g/mol. The van der Waals surface area contributed by atoms with Crippen LogP contribution in [0.4, 0.5) is 8.78 Å². The first-order chi connectivity index (χ1) is 8.06. The van der Waals surface area contributed by atoms with Crippen LogP contribution in [0.25, 0.3) is 5.57 Å². The molecule has 1 atom stereocenters. The van der Waals surface area contributed by atoms with Gasteiger partial charge in [-0.05, 0) is 29.3 Å². The number of halogens is 2. The average Bonchev–Trinajstić information content (AvgIpc) is 2.35. The lowest BCUT2D eigenvalue weighted by Crippen LogP contribution is -2.05. The van der Waals surface area contributed by atoms with Gasteiger partial charge in [-0.15, -0.1) is 6.58 Å². The topological polar surface area (TPSA) is 12.9 Å². The summed E-state index contributed by atoms with van der Waals surface area (Å²) in [6.07, 6.45) is 3.63. The maximum Gasteiger partial charge on any atom is 0.260 e. The van der Waals surface area contributed by atoms with E-state index in [2.05, 4.69) is 18.1 Å². The molecule has 0 radical (unpaired) electrons. The van der Waals surface area contributed by atoms with E-state index in [0.29, 0.717) is 5.57 Å². The summed E-state index contributed by atoms with van der Waals surface area (Å²) in [5.74, 6) is -0.367. The molecule has 0 saturated carbocycles. The second-order valence-electron chi connectivity index (χ2n) is 3.73. The molecule has 92 valence electrons. The number of rotatable bonds is 5. The molecule has 1 nitrogen and oxygen atoms in total. The first-order valence-corrected chi connectivity index (χ1v) is 5.27. The molecular weight excluding hydrogens is 220 g/mol. The van der Waals surface area contributed by atoms with Crippen LogP contribution in [0.1, 0.15) is 13.9 Å². The van der Waals surface area contributed by atoms with Gasteiger partial charge in [-0.25, -0.2) is 8.78 Å². The van der Waals surface area contributed by atoms with E-state index in [1.807, 2.05) is 0 Å². The molecule has 0 amide bonds. The molecule has 1 heterocycles. The van der Waals surface area contributed by atoms with Crippen LogP contribution < -0.4 is 0 Å². The highest BCUT2D eigenvalue weighted by Gasteiger charge is 2.16. The van der Waals surface area contributed by atoms with Crippen molar-refractivity contribution in [2.45, 2.75) is 13.3 Å². The summed E-state index contributed by atoms with van der Waals surface area (Å²) in [5, 5.41) is 0. The average molecular weight is 237 g/mol. The number of nitrogens with zero attached hydrogens (tertiary/aromatic N) is 1. The van der Waals surface area contributed by atoms with E-state index in [4.69, 9.17) is 0 Å². The molecule has 0 N–H and O–H groups in total. The highest BCUT2D eigenvalue weighted by Crippen LogP contribution is 2.24. The summed E-state index contributed by atoms with van der Waals surface area (Å²) in [6, 6.07) is 3.47.